The maximum Gasteiger partial charge on any atom is 0.122 e. The van der Waals surface area contributed by atoms with Crippen molar-refractivity contribution >= 4 is 0 Å². The van der Waals surface area contributed by atoms with E-state index in [1.54, 1.807) is 0 Å². The Morgan fingerprint density at radius 1 is 1.41 bits per heavy atom. The van der Waals surface area contributed by atoms with Crippen molar-refractivity contribution in [2.45, 2.75) is 33.2 Å². The molecule has 0 unspecified atom stereocenters. The highest BCUT2D eigenvalue weighted by molar-refractivity contribution is 5.38. The van der Waals surface area contributed by atoms with Crippen LogP contribution in [0, 0.1) is 5.92 Å². The largest absolute Gasteiger partial charge is 0.493 e. The molecule has 0 aliphatic heterocycles. The summed E-state index contributed by atoms with van der Waals surface area (Å²) in [5.41, 5.74) is 7.95. The highest BCUT2D eigenvalue weighted by Gasteiger charge is 2.04. The molecule has 0 aromatic heterocycles. The molecule has 1 rings (SSSR count). The lowest BCUT2D eigenvalue weighted by molar-refractivity contribution is 0.287. The fourth-order valence-corrected chi connectivity index (χ4v) is 1.62. The molecule has 0 atom stereocenters. The van der Waals surface area contributed by atoms with E-state index in [2.05, 4.69) is 26.5 Å². The molecule has 0 saturated heterocycles. The summed E-state index contributed by atoms with van der Waals surface area (Å²) < 4.78 is 5.81. The van der Waals surface area contributed by atoms with Gasteiger partial charge >= 0.3 is 0 Å². The first kappa shape index (κ1) is 13.8. The van der Waals surface area contributed by atoms with Gasteiger partial charge in [0.25, 0.3) is 0 Å². The molecule has 0 fully saturated rings. The maximum absolute atomic E-state index is 5.81. The van der Waals surface area contributed by atoms with Gasteiger partial charge in [0.15, 0.2) is 0 Å². The molecule has 1 aromatic rings. The molecule has 17 heavy (non-hydrogen) atoms. The summed E-state index contributed by atoms with van der Waals surface area (Å²) in [4.78, 5) is 0. The normalized spacial score (nSPS) is 10.6. The molecule has 2 heteroatoms. The van der Waals surface area contributed by atoms with Crippen molar-refractivity contribution in [2.24, 2.45) is 11.7 Å². The number of hydrogen-bond acceptors (Lipinski definition) is 2. The quantitative estimate of drug-likeness (QED) is 0.733. The number of benzene rings is 1. The standard InChI is InChI=1S/C15H23NO/c1-4-5-14-10-13(11-16)6-7-15(14)17-9-8-12(2)3/h4,6-7,10,12H,1,5,8-9,11,16H2,2-3H3. The SMILES string of the molecule is C=CCc1cc(CN)ccc1OCCC(C)C. The zero-order valence-electron chi connectivity index (χ0n) is 10.9. The average Bonchev–Trinajstić information content (AvgIpc) is 2.31. The fraction of sp³-hybridized carbons (Fsp3) is 0.467. The van der Waals surface area contributed by atoms with Crippen LogP contribution in [0.25, 0.3) is 0 Å². The molecule has 94 valence electrons. The summed E-state index contributed by atoms with van der Waals surface area (Å²) in [5, 5.41) is 0. The molecule has 0 aliphatic carbocycles. The zero-order chi connectivity index (χ0) is 12.7. The number of rotatable bonds is 7. The predicted molar refractivity (Wildman–Crippen MR) is 73.2 cm³/mol. The van der Waals surface area contributed by atoms with Gasteiger partial charge in [-0.15, -0.1) is 6.58 Å². The Labute approximate surface area is 104 Å². The molecule has 0 heterocycles. The van der Waals surface area contributed by atoms with Crippen LogP contribution in [0.1, 0.15) is 31.4 Å². The summed E-state index contributed by atoms with van der Waals surface area (Å²) in [6, 6.07) is 6.14. The van der Waals surface area contributed by atoms with E-state index in [4.69, 9.17) is 10.5 Å². The Morgan fingerprint density at radius 3 is 2.76 bits per heavy atom. The van der Waals surface area contributed by atoms with Gasteiger partial charge in [-0.2, -0.15) is 0 Å². The third-order valence-corrected chi connectivity index (χ3v) is 2.68. The Balaban J connectivity index is 2.71. The lowest BCUT2D eigenvalue weighted by atomic mass is 10.1. The number of nitrogens with two attached hydrogens (primary N) is 1. The van der Waals surface area contributed by atoms with E-state index < -0.39 is 0 Å². The van der Waals surface area contributed by atoms with Crippen LogP contribution >= 0.6 is 0 Å². The molecule has 0 amide bonds. The van der Waals surface area contributed by atoms with Crippen molar-refractivity contribution in [2.75, 3.05) is 6.61 Å². The zero-order valence-corrected chi connectivity index (χ0v) is 10.9. The average molecular weight is 233 g/mol. The van der Waals surface area contributed by atoms with Gasteiger partial charge in [0.05, 0.1) is 6.61 Å². The summed E-state index contributed by atoms with van der Waals surface area (Å²) in [7, 11) is 0. The van der Waals surface area contributed by atoms with Gasteiger partial charge in [-0.25, -0.2) is 0 Å². The smallest absolute Gasteiger partial charge is 0.122 e. The van der Waals surface area contributed by atoms with Crippen molar-refractivity contribution in [1.82, 2.24) is 0 Å². The number of ether oxygens (including phenoxy) is 1. The first-order chi connectivity index (χ1) is 8.17. The maximum atomic E-state index is 5.81. The molecule has 0 radical (unpaired) electrons. The van der Waals surface area contributed by atoms with Crippen LogP contribution in [0.4, 0.5) is 0 Å². The molecular formula is C15H23NO. The van der Waals surface area contributed by atoms with E-state index >= 15 is 0 Å². The van der Waals surface area contributed by atoms with Crippen molar-refractivity contribution in [3.63, 3.8) is 0 Å². The lowest BCUT2D eigenvalue weighted by Crippen LogP contribution is -2.04. The van der Waals surface area contributed by atoms with E-state index in [0.29, 0.717) is 12.5 Å². The molecular weight excluding hydrogens is 210 g/mol. The molecule has 2 nitrogen and oxygen atoms in total. The van der Waals surface area contributed by atoms with Crippen molar-refractivity contribution in [1.29, 1.82) is 0 Å². The van der Waals surface area contributed by atoms with E-state index in [1.165, 1.54) is 5.56 Å². The van der Waals surface area contributed by atoms with Crippen LogP contribution < -0.4 is 10.5 Å². The van der Waals surface area contributed by atoms with Crippen molar-refractivity contribution in [3.05, 3.63) is 42.0 Å². The molecule has 2 N–H and O–H groups in total. The van der Waals surface area contributed by atoms with Gasteiger partial charge < -0.3 is 10.5 Å². The molecule has 0 saturated carbocycles. The molecule has 0 spiro atoms. The van der Waals surface area contributed by atoms with Crippen molar-refractivity contribution < 1.29 is 4.74 Å². The summed E-state index contributed by atoms with van der Waals surface area (Å²) in [6.45, 7) is 9.51. The van der Waals surface area contributed by atoms with E-state index in [1.807, 2.05) is 18.2 Å². The minimum atomic E-state index is 0.566. The molecule has 0 bridgehead atoms. The Morgan fingerprint density at radius 2 is 2.18 bits per heavy atom. The Hall–Kier alpha value is -1.28. The van der Waals surface area contributed by atoms with Crippen LogP contribution in [0.15, 0.2) is 30.9 Å². The summed E-state index contributed by atoms with van der Waals surface area (Å²) in [6.07, 6.45) is 3.79. The summed E-state index contributed by atoms with van der Waals surface area (Å²) >= 11 is 0. The topological polar surface area (TPSA) is 35.2 Å². The van der Waals surface area contributed by atoms with Gasteiger partial charge in [0.1, 0.15) is 5.75 Å². The third-order valence-electron chi connectivity index (χ3n) is 2.68. The fourth-order valence-electron chi connectivity index (χ4n) is 1.62. The first-order valence-electron chi connectivity index (χ1n) is 6.23. The van der Waals surface area contributed by atoms with Gasteiger partial charge in [-0.1, -0.05) is 32.1 Å². The monoisotopic (exact) mass is 233 g/mol. The van der Waals surface area contributed by atoms with Crippen LogP contribution in [-0.2, 0) is 13.0 Å². The second-order valence-corrected chi connectivity index (χ2v) is 4.67. The van der Waals surface area contributed by atoms with Crippen LogP contribution in [0.3, 0.4) is 0 Å². The third kappa shape index (κ3) is 4.61. The second-order valence-electron chi connectivity index (χ2n) is 4.67. The highest BCUT2D eigenvalue weighted by atomic mass is 16.5. The lowest BCUT2D eigenvalue weighted by Gasteiger charge is -2.12. The number of allylic oxidation sites excluding steroid dienone is 1. The van der Waals surface area contributed by atoms with Gasteiger partial charge in [0.2, 0.25) is 0 Å². The minimum Gasteiger partial charge on any atom is -0.493 e. The molecule has 0 aliphatic rings. The second kappa shape index (κ2) is 7.13. The van der Waals surface area contributed by atoms with E-state index in [9.17, 15) is 0 Å². The molecule has 1 aromatic carbocycles. The number of hydrogen-bond donors (Lipinski definition) is 1. The van der Waals surface area contributed by atoms with Gasteiger partial charge in [-0.3, -0.25) is 0 Å². The van der Waals surface area contributed by atoms with Crippen molar-refractivity contribution in [3.8, 4) is 5.75 Å². The van der Waals surface area contributed by atoms with Crippen LogP contribution in [0.2, 0.25) is 0 Å². The Bertz CT molecular complexity index is 358. The van der Waals surface area contributed by atoms with E-state index in [0.717, 1.165) is 30.8 Å². The predicted octanol–water partition coefficient (Wildman–Crippen LogP) is 3.30. The van der Waals surface area contributed by atoms with Crippen LogP contribution in [-0.4, -0.2) is 6.61 Å². The van der Waals surface area contributed by atoms with Crippen LogP contribution in [0.5, 0.6) is 5.75 Å². The first-order valence-corrected chi connectivity index (χ1v) is 6.23. The highest BCUT2D eigenvalue weighted by Crippen LogP contribution is 2.21. The minimum absolute atomic E-state index is 0.566. The van der Waals surface area contributed by atoms with Gasteiger partial charge in [-0.05, 0) is 36.0 Å². The van der Waals surface area contributed by atoms with Gasteiger partial charge in [0, 0.05) is 6.54 Å². The van der Waals surface area contributed by atoms with E-state index in [-0.39, 0.29) is 0 Å². The Kier molecular flexibility index (Phi) is 5.78. The summed E-state index contributed by atoms with van der Waals surface area (Å²) in [5.74, 6) is 1.63.